The summed E-state index contributed by atoms with van der Waals surface area (Å²) < 4.78 is 5.19. The van der Waals surface area contributed by atoms with Gasteiger partial charge in [0.15, 0.2) is 6.61 Å². The van der Waals surface area contributed by atoms with Crippen molar-refractivity contribution in [3.8, 4) is 16.3 Å². The number of rotatable bonds is 8. The molecule has 0 amide bonds. The summed E-state index contributed by atoms with van der Waals surface area (Å²) in [5.41, 5.74) is 3.36. The Morgan fingerprint density at radius 3 is 2.64 bits per heavy atom. The third-order valence-corrected chi connectivity index (χ3v) is 4.37. The fraction of sp³-hybridized carbons (Fsp3) is 0.158. The Morgan fingerprint density at radius 2 is 1.92 bits per heavy atom. The van der Waals surface area contributed by atoms with Gasteiger partial charge in [-0.1, -0.05) is 36.4 Å². The molecule has 0 radical (unpaired) electrons. The van der Waals surface area contributed by atoms with E-state index >= 15 is 0 Å². The highest BCUT2D eigenvalue weighted by Gasteiger charge is 2.02. The molecule has 0 spiro atoms. The number of hydrogen-bond donors (Lipinski definition) is 2. The lowest BCUT2D eigenvalue weighted by atomic mass is 10.1. The zero-order chi connectivity index (χ0) is 17.5. The lowest BCUT2D eigenvalue weighted by Gasteiger charge is -2.08. The number of nitrogens with zero attached hydrogens (tertiary/aromatic N) is 1. The van der Waals surface area contributed by atoms with Gasteiger partial charge in [-0.2, -0.15) is 0 Å². The molecule has 3 rings (SSSR count). The molecular weight excluding hydrogens is 336 g/mol. The lowest BCUT2D eigenvalue weighted by Crippen LogP contribution is -2.13. The molecule has 0 fully saturated rings. The van der Waals surface area contributed by atoms with Crippen LogP contribution < -0.4 is 10.1 Å². The monoisotopic (exact) mass is 354 g/mol. The van der Waals surface area contributed by atoms with Gasteiger partial charge in [-0.25, -0.2) is 9.78 Å². The van der Waals surface area contributed by atoms with Crippen molar-refractivity contribution in [2.75, 3.05) is 6.61 Å². The smallest absolute Gasteiger partial charge is 0.341 e. The zero-order valence-electron chi connectivity index (χ0n) is 13.5. The predicted molar refractivity (Wildman–Crippen MR) is 97.7 cm³/mol. The summed E-state index contributed by atoms with van der Waals surface area (Å²) in [7, 11) is 0. The molecule has 6 heteroatoms. The van der Waals surface area contributed by atoms with Crippen molar-refractivity contribution < 1.29 is 14.6 Å². The van der Waals surface area contributed by atoms with Crippen molar-refractivity contribution in [2.45, 2.75) is 13.1 Å². The number of nitrogens with one attached hydrogen (secondary N) is 1. The predicted octanol–water partition coefficient (Wildman–Crippen LogP) is 3.56. The average molecular weight is 354 g/mol. The van der Waals surface area contributed by atoms with Gasteiger partial charge >= 0.3 is 5.97 Å². The van der Waals surface area contributed by atoms with Crippen LogP contribution in [0.1, 0.15) is 11.1 Å². The largest absolute Gasteiger partial charge is 0.482 e. The molecule has 0 saturated carbocycles. The van der Waals surface area contributed by atoms with Gasteiger partial charge in [-0.15, -0.1) is 11.3 Å². The fourth-order valence-electron chi connectivity index (χ4n) is 2.37. The Labute approximate surface area is 149 Å². The van der Waals surface area contributed by atoms with Crippen LogP contribution in [0.25, 0.3) is 10.6 Å². The van der Waals surface area contributed by atoms with Crippen molar-refractivity contribution in [1.29, 1.82) is 0 Å². The number of aromatic nitrogens is 1. The normalized spacial score (nSPS) is 10.6. The maximum atomic E-state index is 10.5. The summed E-state index contributed by atoms with van der Waals surface area (Å²) in [5.74, 6) is -0.417. The summed E-state index contributed by atoms with van der Waals surface area (Å²) in [6, 6.07) is 15.8. The van der Waals surface area contributed by atoms with Crippen LogP contribution in [0.5, 0.6) is 5.75 Å². The molecule has 2 aromatic carbocycles. The summed E-state index contributed by atoms with van der Waals surface area (Å²) >= 11 is 1.63. The highest BCUT2D eigenvalue weighted by atomic mass is 32.1. The van der Waals surface area contributed by atoms with Crippen LogP contribution in [0.15, 0.2) is 60.1 Å². The first-order valence-corrected chi connectivity index (χ1v) is 8.72. The van der Waals surface area contributed by atoms with Crippen molar-refractivity contribution in [2.24, 2.45) is 0 Å². The van der Waals surface area contributed by atoms with Gasteiger partial charge in [0.05, 0.1) is 0 Å². The Balaban J connectivity index is 1.51. The number of thiazole rings is 1. The molecule has 1 aromatic heterocycles. The van der Waals surface area contributed by atoms with E-state index in [4.69, 9.17) is 9.84 Å². The van der Waals surface area contributed by atoms with E-state index in [1.54, 1.807) is 17.4 Å². The van der Waals surface area contributed by atoms with Crippen molar-refractivity contribution in [3.05, 3.63) is 71.2 Å². The van der Waals surface area contributed by atoms with Gasteiger partial charge in [0, 0.05) is 30.2 Å². The van der Waals surface area contributed by atoms with E-state index in [-0.39, 0.29) is 6.61 Å². The number of carboxylic acid groups (broad SMARTS) is 1. The molecule has 0 aliphatic heterocycles. The first kappa shape index (κ1) is 17.1. The van der Waals surface area contributed by atoms with Crippen LogP contribution in [0.2, 0.25) is 0 Å². The molecule has 1 heterocycles. The molecule has 0 aliphatic carbocycles. The molecule has 5 nitrogen and oxygen atoms in total. The van der Waals surface area contributed by atoms with Crippen LogP contribution in [0, 0.1) is 0 Å². The molecule has 0 saturated heterocycles. The third kappa shape index (κ3) is 5.14. The second kappa shape index (κ2) is 8.41. The van der Waals surface area contributed by atoms with Crippen molar-refractivity contribution >= 4 is 17.3 Å². The van der Waals surface area contributed by atoms with E-state index in [0.29, 0.717) is 12.3 Å². The van der Waals surface area contributed by atoms with E-state index in [1.165, 1.54) is 5.56 Å². The lowest BCUT2D eigenvalue weighted by molar-refractivity contribution is -0.139. The summed E-state index contributed by atoms with van der Waals surface area (Å²) in [5, 5.41) is 15.0. The van der Waals surface area contributed by atoms with Crippen LogP contribution in [-0.4, -0.2) is 22.7 Å². The minimum atomic E-state index is -0.982. The molecule has 2 N–H and O–H groups in total. The van der Waals surface area contributed by atoms with Crippen LogP contribution in [0.3, 0.4) is 0 Å². The van der Waals surface area contributed by atoms with E-state index in [1.807, 2.05) is 29.8 Å². The van der Waals surface area contributed by atoms with Gasteiger partial charge in [0.1, 0.15) is 10.8 Å². The number of hydrogen-bond acceptors (Lipinski definition) is 5. The molecule has 0 bridgehead atoms. The summed E-state index contributed by atoms with van der Waals surface area (Å²) in [6.45, 7) is 1.10. The molecule has 25 heavy (non-hydrogen) atoms. The fourth-order valence-corrected chi connectivity index (χ4v) is 3.02. The Morgan fingerprint density at radius 1 is 1.12 bits per heavy atom. The Kier molecular flexibility index (Phi) is 5.77. The minimum absolute atomic E-state index is 0.331. The van der Waals surface area contributed by atoms with Crippen LogP contribution in [0.4, 0.5) is 0 Å². The zero-order valence-corrected chi connectivity index (χ0v) is 14.3. The second-order valence-corrected chi connectivity index (χ2v) is 6.36. The number of ether oxygens (including phenoxy) is 1. The van der Waals surface area contributed by atoms with E-state index < -0.39 is 5.97 Å². The highest BCUT2D eigenvalue weighted by Crippen LogP contribution is 2.21. The van der Waals surface area contributed by atoms with Crippen LogP contribution >= 0.6 is 11.3 Å². The molecule has 0 atom stereocenters. The Hall–Kier alpha value is -2.70. The van der Waals surface area contributed by atoms with E-state index in [2.05, 4.69) is 34.6 Å². The maximum Gasteiger partial charge on any atom is 0.341 e. The number of carbonyl (C=O) groups is 1. The first-order valence-electron chi connectivity index (χ1n) is 7.84. The number of carboxylic acids is 1. The van der Waals surface area contributed by atoms with Gasteiger partial charge in [0.25, 0.3) is 0 Å². The topological polar surface area (TPSA) is 71.5 Å². The van der Waals surface area contributed by atoms with Gasteiger partial charge in [-0.3, -0.25) is 0 Å². The van der Waals surface area contributed by atoms with Crippen molar-refractivity contribution in [3.63, 3.8) is 0 Å². The van der Waals surface area contributed by atoms with Crippen LogP contribution in [-0.2, 0) is 17.9 Å². The third-order valence-electron chi connectivity index (χ3n) is 3.55. The molecular formula is C19H18N2O3S. The highest BCUT2D eigenvalue weighted by molar-refractivity contribution is 7.13. The van der Waals surface area contributed by atoms with Gasteiger partial charge in [-0.05, 0) is 23.3 Å². The standard InChI is InChI=1S/C19H18N2O3S/c22-18(23)13-24-17-3-1-2-15(10-17)12-20-11-14-4-6-16(7-5-14)19-21-8-9-25-19/h1-10,20H,11-13H2,(H,22,23). The van der Waals surface area contributed by atoms with E-state index in [9.17, 15) is 4.79 Å². The molecule has 0 aliphatic rings. The van der Waals surface area contributed by atoms with E-state index in [0.717, 1.165) is 22.7 Å². The Bertz CT molecular complexity index is 817. The van der Waals surface area contributed by atoms with Gasteiger partial charge < -0.3 is 15.2 Å². The SMILES string of the molecule is O=C(O)COc1cccc(CNCc2ccc(-c3nccs3)cc2)c1. The first-order chi connectivity index (χ1) is 12.2. The minimum Gasteiger partial charge on any atom is -0.482 e. The molecule has 128 valence electrons. The average Bonchev–Trinajstić information content (AvgIpc) is 3.16. The summed E-state index contributed by atoms with van der Waals surface area (Å²) in [6.07, 6.45) is 1.81. The van der Waals surface area contributed by atoms with Gasteiger partial charge in [0.2, 0.25) is 0 Å². The maximum absolute atomic E-state index is 10.5. The second-order valence-electron chi connectivity index (χ2n) is 5.47. The van der Waals surface area contributed by atoms with Crippen molar-refractivity contribution in [1.82, 2.24) is 10.3 Å². The number of aliphatic carboxylic acids is 1. The quantitative estimate of drug-likeness (QED) is 0.647. The molecule has 3 aromatic rings. The summed E-state index contributed by atoms with van der Waals surface area (Å²) in [4.78, 5) is 14.9. The number of benzene rings is 2. The molecule has 0 unspecified atom stereocenters.